The Labute approximate surface area is 125 Å². The first-order valence-electron chi connectivity index (χ1n) is 7.22. The van der Waals surface area contributed by atoms with E-state index in [0.29, 0.717) is 18.8 Å². The number of nitrogens with one attached hydrogen (secondary N) is 2. The van der Waals surface area contributed by atoms with E-state index in [4.69, 9.17) is 14.3 Å². The fourth-order valence-corrected chi connectivity index (χ4v) is 1.73. The lowest BCUT2D eigenvalue weighted by molar-refractivity contribution is 0.0522. The van der Waals surface area contributed by atoms with Gasteiger partial charge in [0, 0.05) is 12.6 Å². The van der Waals surface area contributed by atoms with Gasteiger partial charge in [-0.2, -0.15) is 0 Å². The van der Waals surface area contributed by atoms with Crippen LogP contribution in [0.3, 0.4) is 0 Å². The first-order valence-corrected chi connectivity index (χ1v) is 7.22. The Balaban J connectivity index is 2.33. The highest BCUT2D eigenvalue weighted by Crippen LogP contribution is 2.08. The van der Waals surface area contributed by atoms with Crippen LogP contribution in [0.15, 0.2) is 16.5 Å². The van der Waals surface area contributed by atoms with Crippen LogP contribution in [0.4, 0.5) is 4.79 Å². The minimum Gasteiger partial charge on any atom is -0.462 e. The summed E-state index contributed by atoms with van der Waals surface area (Å²) in [6.45, 7) is 8.47. The number of aliphatic hydroxyl groups excluding tert-OH is 1. The first kappa shape index (κ1) is 17.5. The van der Waals surface area contributed by atoms with Gasteiger partial charge >= 0.3 is 6.09 Å². The van der Waals surface area contributed by atoms with E-state index in [1.54, 1.807) is 6.07 Å². The quantitative estimate of drug-likeness (QED) is 0.718. The van der Waals surface area contributed by atoms with E-state index in [1.807, 2.05) is 33.8 Å². The van der Waals surface area contributed by atoms with E-state index < -0.39 is 11.7 Å². The van der Waals surface area contributed by atoms with Gasteiger partial charge in [0.25, 0.3) is 0 Å². The summed E-state index contributed by atoms with van der Waals surface area (Å²) in [5, 5.41) is 15.0. The maximum Gasteiger partial charge on any atom is 0.407 e. The fraction of sp³-hybridized carbons (Fsp3) is 0.667. The summed E-state index contributed by atoms with van der Waals surface area (Å²) in [7, 11) is 0. The maximum atomic E-state index is 11.6. The van der Waals surface area contributed by atoms with E-state index in [2.05, 4.69) is 10.6 Å². The second-order valence-electron chi connectivity index (χ2n) is 5.90. The van der Waals surface area contributed by atoms with Crippen molar-refractivity contribution in [1.82, 2.24) is 10.6 Å². The molecule has 0 saturated heterocycles. The van der Waals surface area contributed by atoms with Gasteiger partial charge in [-0.15, -0.1) is 0 Å². The zero-order chi connectivity index (χ0) is 15.9. The van der Waals surface area contributed by atoms with Crippen LogP contribution in [0.1, 0.15) is 45.6 Å². The van der Waals surface area contributed by atoms with Crippen LogP contribution in [0.5, 0.6) is 0 Å². The Hall–Kier alpha value is -1.53. The zero-order valence-corrected chi connectivity index (χ0v) is 13.2. The summed E-state index contributed by atoms with van der Waals surface area (Å²) < 4.78 is 10.6. The number of ether oxygens (including phenoxy) is 1. The third-order valence-electron chi connectivity index (χ3n) is 2.82. The summed E-state index contributed by atoms with van der Waals surface area (Å²) in [5.74, 6) is 1.31. The van der Waals surface area contributed by atoms with Crippen molar-refractivity contribution in [1.29, 1.82) is 0 Å². The molecule has 0 radical (unpaired) electrons. The number of hydrogen-bond donors (Lipinski definition) is 3. The van der Waals surface area contributed by atoms with E-state index in [-0.39, 0.29) is 12.6 Å². The minimum atomic E-state index is -0.492. The van der Waals surface area contributed by atoms with Crippen molar-refractivity contribution < 1.29 is 19.1 Å². The molecule has 0 bridgehead atoms. The highest BCUT2D eigenvalue weighted by molar-refractivity contribution is 5.67. The molecule has 0 aliphatic rings. The Bertz CT molecular complexity index is 437. The average Bonchev–Trinajstić information content (AvgIpc) is 2.85. The van der Waals surface area contributed by atoms with Gasteiger partial charge in [-0.25, -0.2) is 4.79 Å². The van der Waals surface area contributed by atoms with Crippen LogP contribution < -0.4 is 10.6 Å². The van der Waals surface area contributed by atoms with Gasteiger partial charge in [0.1, 0.15) is 23.7 Å². The summed E-state index contributed by atoms with van der Waals surface area (Å²) in [4.78, 5) is 11.6. The second-order valence-corrected chi connectivity index (χ2v) is 5.90. The molecule has 0 saturated carbocycles. The molecule has 6 heteroatoms. The summed E-state index contributed by atoms with van der Waals surface area (Å²) in [6, 6.07) is 3.70. The lowest BCUT2D eigenvalue weighted by Gasteiger charge is -2.22. The van der Waals surface area contributed by atoms with Crippen LogP contribution in [-0.4, -0.2) is 29.4 Å². The van der Waals surface area contributed by atoms with Crippen LogP contribution in [0.2, 0.25) is 0 Å². The first-order chi connectivity index (χ1) is 9.84. The van der Waals surface area contributed by atoms with E-state index in [1.165, 1.54) is 0 Å². The van der Waals surface area contributed by atoms with Gasteiger partial charge in [0.05, 0.1) is 6.54 Å². The van der Waals surface area contributed by atoms with Crippen molar-refractivity contribution in [2.24, 2.45) is 0 Å². The number of aliphatic hydroxyl groups is 1. The highest BCUT2D eigenvalue weighted by atomic mass is 16.6. The molecular weight excluding hydrogens is 272 g/mol. The van der Waals surface area contributed by atoms with Gasteiger partial charge < -0.3 is 24.9 Å². The molecular formula is C15H26N2O4. The molecule has 0 fully saturated rings. The SMILES string of the molecule is CCC(CNC(=O)OC(C)(C)C)NCc1ccc(CO)o1. The van der Waals surface area contributed by atoms with Crippen LogP contribution in [0.25, 0.3) is 0 Å². The molecule has 1 rings (SSSR count). The third kappa shape index (κ3) is 7.15. The van der Waals surface area contributed by atoms with Crippen molar-refractivity contribution in [3.8, 4) is 0 Å². The smallest absolute Gasteiger partial charge is 0.407 e. The van der Waals surface area contributed by atoms with Crippen LogP contribution >= 0.6 is 0 Å². The number of carbonyl (C=O) groups excluding carboxylic acids is 1. The molecule has 0 aliphatic carbocycles. The largest absolute Gasteiger partial charge is 0.462 e. The van der Waals surface area contributed by atoms with Gasteiger partial charge in [-0.1, -0.05) is 6.92 Å². The third-order valence-corrected chi connectivity index (χ3v) is 2.82. The van der Waals surface area contributed by atoms with Gasteiger partial charge in [-0.3, -0.25) is 0 Å². The molecule has 1 atom stereocenters. The van der Waals surface area contributed by atoms with Crippen LogP contribution in [0, 0.1) is 0 Å². The molecule has 1 unspecified atom stereocenters. The Kier molecular flexibility index (Phi) is 6.71. The maximum absolute atomic E-state index is 11.6. The number of hydrogen-bond acceptors (Lipinski definition) is 5. The minimum absolute atomic E-state index is 0.0998. The molecule has 3 N–H and O–H groups in total. The molecule has 21 heavy (non-hydrogen) atoms. The Morgan fingerprint density at radius 2 is 2.05 bits per heavy atom. The van der Waals surface area contributed by atoms with Crippen molar-refractivity contribution >= 4 is 6.09 Å². The van der Waals surface area contributed by atoms with E-state index in [9.17, 15) is 4.79 Å². The molecule has 120 valence electrons. The topological polar surface area (TPSA) is 83.7 Å². The molecule has 1 amide bonds. The predicted molar refractivity (Wildman–Crippen MR) is 79.8 cm³/mol. The number of furan rings is 1. The van der Waals surface area contributed by atoms with Crippen molar-refractivity contribution in [2.45, 2.75) is 58.9 Å². The molecule has 6 nitrogen and oxygen atoms in total. The van der Waals surface area contributed by atoms with Crippen molar-refractivity contribution in [3.63, 3.8) is 0 Å². The van der Waals surface area contributed by atoms with E-state index >= 15 is 0 Å². The summed E-state index contributed by atoms with van der Waals surface area (Å²) >= 11 is 0. The fourth-order valence-electron chi connectivity index (χ4n) is 1.73. The van der Waals surface area contributed by atoms with Crippen LogP contribution in [-0.2, 0) is 17.9 Å². The summed E-state index contributed by atoms with van der Waals surface area (Å²) in [5.41, 5.74) is -0.492. The van der Waals surface area contributed by atoms with Gasteiger partial charge in [0.15, 0.2) is 0 Å². The second kappa shape index (κ2) is 8.05. The molecule has 1 aromatic rings. The Morgan fingerprint density at radius 3 is 2.57 bits per heavy atom. The number of carbonyl (C=O) groups is 1. The van der Waals surface area contributed by atoms with Gasteiger partial charge in [-0.05, 0) is 39.3 Å². The molecule has 0 spiro atoms. The summed E-state index contributed by atoms with van der Waals surface area (Å²) in [6.07, 6.45) is 0.451. The normalized spacial score (nSPS) is 13.0. The van der Waals surface area contributed by atoms with E-state index in [0.717, 1.165) is 12.2 Å². The number of amides is 1. The molecule has 1 heterocycles. The predicted octanol–water partition coefficient (Wildman–Crippen LogP) is 2.16. The highest BCUT2D eigenvalue weighted by Gasteiger charge is 2.17. The Morgan fingerprint density at radius 1 is 1.38 bits per heavy atom. The lowest BCUT2D eigenvalue weighted by Crippen LogP contribution is -2.42. The monoisotopic (exact) mass is 298 g/mol. The van der Waals surface area contributed by atoms with Gasteiger partial charge in [0.2, 0.25) is 0 Å². The lowest BCUT2D eigenvalue weighted by atomic mass is 10.2. The molecule has 0 aromatic carbocycles. The molecule has 0 aliphatic heterocycles. The molecule has 1 aromatic heterocycles. The van der Waals surface area contributed by atoms with Crippen molar-refractivity contribution in [2.75, 3.05) is 6.54 Å². The standard InChI is InChI=1S/C15H26N2O4/c1-5-11(8-17-14(19)21-15(2,3)4)16-9-12-6-7-13(10-18)20-12/h6-7,11,16,18H,5,8-10H2,1-4H3,(H,17,19). The number of rotatable bonds is 7. The average molecular weight is 298 g/mol. The zero-order valence-electron chi connectivity index (χ0n) is 13.2. The van der Waals surface area contributed by atoms with Crippen molar-refractivity contribution in [3.05, 3.63) is 23.7 Å². The number of alkyl carbamates (subject to hydrolysis) is 1.